The van der Waals surface area contributed by atoms with Gasteiger partial charge in [0.25, 0.3) is 10.0 Å². The Morgan fingerprint density at radius 2 is 1.75 bits per heavy atom. The van der Waals surface area contributed by atoms with Crippen molar-refractivity contribution in [2.24, 2.45) is 0 Å². The summed E-state index contributed by atoms with van der Waals surface area (Å²) in [7, 11) is -1.32. The highest BCUT2D eigenvalue weighted by Gasteiger charge is 2.30. The van der Waals surface area contributed by atoms with Crippen LogP contribution in [0.1, 0.15) is 0 Å². The van der Waals surface area contributed by atoms with Gasteiger partial charge in [0, 0.05) is 10.5 Å². The van der Waals surface area contributed by atoms with Gasteiger partial charge in [-0.25, -0.2) is 12.8 Å². The Kier molecular flexibility index (Phi) is 7.37. The molecule has 1 N–H and O–H groups in total. The van der Waals surface area contributed by atoms with Gasteiger partial charge in [-0.3, -0.25) is 9.10 Å². The molecule has 0 spiro atoms. The van der Waals surface area contributed by atoms with Gasteiger partial charge in [-0.05, 0) is 42.5 Å². The summed E-state index contributed by atoms with van der Waals surface area (Å²) in [6, 6.07) is 16.3. The topological polar surface area (TPSA) is 84.9 Å². The molecule has 0 saturated heterocycles. The number of anilines is 2. The monoisotopic (exact) mass is 522 g/mol. The molecular weight excluding hydrogens is 503 g/mol. The summed E-state index contributed by atoms with van der Waals surface area (Å²) in [4.78, 5) is 12.8. The Morgan fingerprint density at radius 1 is 1.03 bits per heavy atom. The predicted molar refractivity (Wildman–Crippen MR) is 123 cm³/mol. The summed E-state index contributed by atoms with van der Waals surface area (Å²) in [5.74, 6) is -0.758. The Bertz CT molecular complexity index is 1220. The lowest BCUT2D eigenvalue weighted by atomic mass is 10.2. The van der Waals surface area contributed by atoms with E-state index in [2.05, 4.69) is 21.2 Å². The quantitative estimate of drug-likeness (QED) is 0.472. The van der Waals surface area contributed by atoms with Crippen LogP contribution < -0.4 is 19.1 Å². The first-order valence-electron chi connectivity index (χ1n) is 9.31. The number of nitrogens with one attached hydrogen (secondary N) is 1. The molecule has 0 unspecified atom stereocenters. The Balaban J connectivity index is 2.02. The van der Waals surface area contributed by atoms with Crippen molar-refractivity contribution in [1.82, 2.24) is 0 Å². The molecule has 0 bridgehead atoms. The third-order valence-electron chi connectivity index (χ3n) is 4.48. The number of halogens is 2. The van der Waals surface area contributed by atoms with Crippen LogP contribution >= 0.6 is 15.9 Å². The minimum Gasteiger partial charge on any atom is -0.497 e. The highest BCUT2D eigenvalue weighted by Crippen LogP contribution is 2.35. The summed E-state index contributed by atoms with van der Waals surface area (Å²) in [5, 5.41) is 2.41. The van der Waals surface area contributed by atoms with Gasteiger partial charge in [-0.1, -0.05) is 34.1 Å². The van der Waals surface area contributed by atoms with E-state index in [4.69, 9.17) is 9.47 Å². The molecule has 0 aliphatic heterocycles. The Morgan fingerprint density at radius 3 is 2.38 bits per heavy atom. The van der Waals surface area contributed by atoms with E-state index in [0.717, 1.165) is 4.31 Å². The lowest BCUT2D eigenvalue weighted by Gasteiger charge is -2.26. The molecule has 168 valence electrons. The maximum Gasteiger partial charge on any atom is 0.264 e. The predicted octanol–water partition coefficient (Wildman–Crippen LogP) is 4.44. The van der Waals surface area contributed by atoms with Crippen LogP contribution in [0.5, 0.6) is 11.5 Å². The van der Waals surface area contributed by atoms with Crippen LogP contribution in [0.2, 0.25) is 0 Å². The number of hydrogen-bond acceptors (Lipinski definition) is 5. The minimum atomic E-state index is -4.16. The van der Waals surface area contributed by atoms with Gasteiger partial charge in [0.15, 0.2) is 0 Å². The second kappa shape index (κ2) is 10.0. The zero-order valence-corrected chi connectivity index (χ0v) is 19.6. The van der Waals surface area contributed by atoms with Crippen molar-refractivity contribution in [2.75, 3.05) is 30.4 Å². The third kappa shape index (κ3) is 5.20. The molecule has 7 nitrogen and oxygen atoms in total. The zero-order valence-electron chi connectivity index (χ0n) is 17.2. The zero-order chi connectivity index (χ0) is 23.3. The first kappa shape index (κ1) is 23.6. The van der Waals surface area contributed by atoms with Crippen LogP contribution in [0.3, 0.4) is 0 Å². The highest BCUT2D eigenvalue weighted by atomic mass is 79.9. The van der Waals surface area contributed by atoms with E-state index in [1.807, 2.05) is 0 Å². The van der Waals surface area contributed by atoms with E-state index < -0.39 is 28.3 Å². The van der Waals surface area contributed by atoms with Gasteiger partial charge in [-0.15, -0.1) is 0 Å². The van der Waals surface area contributed by atoms with E-state index in [1.165, 1.54) is 50.6 Å². The number of hydrogen-bond donors (Lipinski definition) is 1. The number of benzene rings is 3. The first-order valence-corrected chi connectivity index (χ1v) is 11.5. The smallest absolute Gasteiger partial charge is 0.264 e. The number of methoxy groups -OCH3 is 2. The van der Waals surface area contributed by atoms with Crippen molar-refractivity contribution >= 4 is 43.2 Å². The van der Waals surface area contributed by atoms with Crippen LogP contribution in [0.4, 0.5) is 15.8 Å². The average Bonchev–Trinajstić information content (AvgIpc) is 2.79. The van der Waals surface area contributed by atoms with Crippen molar-refractivity contribution in [3.8, 4) is 11.5 Å². The summed E-state index contributed by atoms with van der Waals surface area (Å²) < 4.78 is 53.0. The van der Waals surface area contributed by atoms with Crippen molar-refractivity contribution < 1.29 is 27.1 Å². The molecule has 0 saturated carbocycles. The van der Waals surface area contributed by atoms with Crippen LogP contribution in [0.15, 0.2) is 76.1 Å². The second-order valence-electron chi connectivity index (χ2n) is 6.53. The molecule has 0 heterocycles. The summed E-state index contributed by atoms with van der Waals surface area (Å²) in [6.07, 6.45) is 0. The fraction of sp³-hybridized carbons (Fsp3) is 0.136. The van der Waals surface area contributed by atoms with E-state index >= 15 is 0 Å². The van der Waals surface area contributed by atoms with Crippen LogP contribution in [0, 0.1) is 5.82 Å². The molecule has 3 aromatic carbocycles. The molecule has 0 fully saturated rings. The normalized spacial score (nSPS) is 11.0. The number of nitrogens with zero attached hydrogens (tertiary/aromatic N) is 1. The van der Waals surface area contributed by atoms with E-state index in [-0.39, 0.29) is 22.0 Å². The number of sulfonamides is 1. The SMILES string of the molecule is COc1ccc(N(CC(=O)Nc2ccc(Br)cc2F)S(=O)(=O)c2ccccc2)c(OC)c1. The van der Waals surface area contributed by atoms with E-state index in [0.29, 0.717) is 10.2 Å². The van der Waals surface area contributed by atoms with Gasteiger partial charge >= 0.3 is 0 Å². The van der Waals surface area contributed by atoms with E-state index in [9.17, 15) is 17.6 Å². The third-order valence-corrected chi connectivity index (χ3v) is 6.75. The lowest BCUT2D eigenvalue weighted by Crippen LogP contribution is -2.38. The van der Waals surface area contributed by atoms with Crippen molar-refractivity contribution in [3.63, 3.8) is 0 Å². The van der Waals surface area contributed by atoms with Crippen LogP contribution in [0.25, 0.3) is 0 Å². The molecule has 0 aromatic heterocycles. The number of carbonyl (C=O) groups excluding carboxylic acids is 1. The average molecular weight is 523 g/mol. The molecule has 0 atom stereocenters. The maximum atomic E-state index is 14.2. The van der Waals surface area contributed by atoms with Gasteiger partial charge in [0.2, 0.25) is 5.91 Å². The fourth-order valence-electron chi connectivity index (χ4n) is 2.92. The van der Waals surface area contributed by atoms with Crippen LogP contribution in [-0.2, 0) is 14.8 Å². The van der Waals surface area contributed by atoms with Gasteiger partial charge in [0.1, 0.15) is 23.9 Å². The Labute approximate surface area is 193 Å². The standard InChI is InChI=1S/C22H20BrFN2O5S/c1-30-16-9-11-20(21(13-16)31-2)26(32(28,29)17-6-4-3-5-7-17)14-22(27)25-19-10-8-15(23)12-18(19)24/h3-13H,14H2,1-2H3,(H,25,27). The minimum absolute atomic E-state index is 0.0134. The lowest BCUT2D eigenvalue weighted by molar-refractivity contribution is -0.114. The summed E-state index contributed by atoms with van der Waals surface area (Å²) in [5.41, 5.74) is 0.0561. The molecule has 0 radical (unpaired) electrons. The molecule has 1 amide bonds. The van der Waals surface area contributed by atoms with Crippen LogP contribution in [-0.4, -0.2) is 35.1 Å². The molecule has 10 heteroatoms. The highest BCUT2D eigenvalue weighted by molar-refractivity contribution is 9.10. The summed E-state index contributed by atoms with van der Waals surface area (Å²) >= 11 is 3.15. The number of amides is 1. The molecule has 3 aromatic rings. The van der Waals surface area contributed by atoms with Gasteiger partial charge in [-0.2, -0.15) is 0 Å². The van der Waals surface area contributed by atoms with E-state index in [1.54, 1.807) is 30.3 Å². The van der Waals surface area contributed by atoms with Gasteiger partial charge < -0.3 is 14.8 Å². The molecule has 32 heavy (non-hydrogen) atoms. The van der Waals surface area contributed by atoms with Crippen molar-refractivity contribution in [2.45, 2.75) is 4.90 Å². The maximum absolute atomic E-state index is 14.2. The summed E-state index contributed by atoms with van der Waals surface area (Å²) in [6.45, 7) is -0.616. The molecule has 0 aliphatic rings. The van der Waals surface area contributed by atoms with Crippen molar-refractivity contribution in [3.05, 3.63) is 77.0 Å². The van der Waals surface area contributed by atoms with Gasteiger partial charge in [0.05, 0.1) is 30.5 Å². The largest absolute Gasteiger partial charge is 0.497 e. The number of rotatable bonds is 8. The Hall–Kier alpha value is -3.11. The molecular formula is C22H20BrFN2O5S. The molecule has 0 aliphatic carbocycles. The number of carbonyl (C=O) groups is 1. The first-order chi connectivity index (χ1) is 15.3. The number of ether oxygens (including phenoxy) is 2. The van der Waals surface area contributed by atoms with Crippen molar-refractivity contribution in [1.29, 1.82) is 0 Å². The molecule has 3 rings (SSSR count). The second-order valence-corrected chi connectivity index (χ2v) is 9.31. The fourth-order valence-corrected chi connectivity index (χ4v) is 4.71.